The molecule has 0 N–H and O–H groups in total. The minimum absolute atomic E-state index is 0.0396. The zero-order valence-corrected chi connectivity index (χ0v) is 18.4. The van der Waals surface area contributed by atoms with Gasteiger partial charge in [-0.1, -0.05) is 17.7 Å². The van der Waals surface area contributed by atoms with Crippen molar-refractivity contribution >= 4 is 46.2 Å². The van der Waals surface area contributed by atoms with Crippen LogP contribution in [-0.4, -0.2) is 68.8 Å². The quantitative estimate of drug-likeness (QED) is 0.571. The first-order valence-corrected chi connectivity index (χ1v) is 10.7. The van der Waals surface area contributed by atoms with Gasteiger partial charge in [-0.05, 0) is 24.3 Å². The minimum atomic E-state index is -1.12. The highest BCUT2D eigenvalue weighted by Gasteiger charge is 2.44. The van der Waals surface area contributed by atoms with E-state index in [0.717, 1.165) is 5.39 Å². The first kappa shape index (κ1) is 21.1. The number of carbonyl (C=O) groups is 3. The van der Waals surface area contributed by atoms with Crippen LogP contribution in [-0.2, 0) is 9.53 Å². The largest absolute Gasteiger partial charge is 0.419 e. The smallest absolute Gasteiger partial charge is 0.412 e. The molecule has 0 saturated carbocycles. The maximum atomic E-state index is 13.2. The molecule has 0 bridgehead atoms. The minimum Gasteiger partial charge on any atom is -0.419 e. The number of ether oxygens (including phenoxy) is 1. The van der Waals surface area contributed by atoms with Crippen molar-refractivity contribution in [3.8, 4) is 0 Å². The Kier molecular flexibility index (Phi) is 5.29. The van der Waals surface area contributed by atoms with Crippen LogP contribution in [0.1, 0.15) is 29.3 Å². The highest BCUT2D eigenvalue weighted by Crippen LogP contribution is 2.36. The molecule has 11 heteroatoms. The maximum absolute atomic E-state index is 13.2. The van der Waals surface area contributed by atoms with Crippen molar-refractivity contribution in [1.29, 1.82) is 0 Å². The molecule has 1 unspecified atom stereocenters. The summed E-state index contributed by atoms with van der Waals surface area (Å²) in [6.45, 7) is 3.00. The van der Waals surface area contributed by atoms with Crippen molar-refractivity contribution < 1.29 is 19.1 Å². The predicted octanol–water partition coefficient (Wildman–Crippen LogP) is 2.64. The molecule has 168 valence electrons. The number of hydrogen-bond donors (Lipinski definition) is 0. The first-order valence-electron chi connectivity index (χ1n) is 10.3. The number of fused-ring (bicyclic) bond motifs is 2. The van der Waals surface area contributed by atoms with Gasteiger partial charge in [0, 0.05) is 55.9 Å². The summed E-state index contributed by atoms with van der Waals surface area (Å²) in [5.74, 6) is -0.220. The van der Waals surface area contributed by atoms with Crippen molar-refractivity contribution in [2.75, 3.05) is 31.1 Å². The fraction of sp³-hybridized carbons (Fsp3) is 0.273. The Morgan fingerprint density at radius 2 is 1.73 bits per heavy atom. The van der Waals surface area contributed by atoms with E-state index >= 15 is 0 Å². The van der Waals surface area contributed by atoms with Gasteiger partial charge in [-0.3, -0.25) is 14.6 Å². The van der Waals surface area contributed by atoms with E-state index in [9.17, 15) is 14.4 Å². The summed E-state index contributed by atoms with van der Waals surface area (Å²) in [6.07, 6.45) is 1.12. The van der Waals surface area contributed by atoms with E-state index in [0.29, 0.717) is 36.7 Å². The lowest BCUT2D eigenvalue weighted by molar-refractivity contribution is -0.130. The van der Waals surface area contributed by atoms with Gasteiger partial charge in [0.05, 0.1) is 5.52 Å². The van der Waals surface area contributed by atoms with Gasteiger partial charge in [-0.2, -0.15) is 0 Å². The Morgan fingerprint density at radius 3 is 2.48 bits per heavy atom. The summed E-state index contributed by atoms with van der Waals surface area (Å²) < 4.78 is 5.77. The number of anilines is 1. The number of aromatic nitrogens is 3. The number of amides is 3. The van der Waals surface area contributed by atoms with E-state index in [1.54, 1.807) is 23.1 Å². The van der Waals surface area contributed by atoms with Crippen molar-refractivity contribution in [2.45, 2.75) is 13.2 Å². The highest BCUT2D eigenvalue weighted by molar-refractivity contribution is 6.31. The van der Waals surface area contributed by atoms with E-state index in [1.807, 2.05) is 12.1 Å². The summed E-state index contributed by atoms with van der Waals surface area (Å²) in [6, 6.07) is 8.76. The molecule has 0 aliphatic carbocycles. The van der Waals surface area contributed by atoms with Gasteiger partial charge in [0.1, 0.15) is 11.5 Å². The van der Waals surface area contributed by atoms with Gasteiger partial charge >= 0.3 is 6.09 Å². The molecule has 1 aromatic carbocycles. The highest BCUT2D eigenvalue weighted by atomic mass is 35.5. The van der Waals surface area contributed by atoms with Crippen LogP contribution in [0.15, 0.2) is 42.7 Å². The van der Waals surface area contributed by atoms with Crippen LogP contribution in [0.3, 0.4) is 0 Å². The molecule has 2 aliphatic heterocycles. The van der Waals surface area contributed by atoms with Crippen LogP contribution in [0.2, 0.25) is 5.02 Å². The summed E-state index contributed by atoms with van der Waals surface area (Å²) >= 11 is 6.11. The lowest BCUT2D eigenvalue weighted by Gasteiger charge is -2.34. The van der Waals surface area contributed by atoms with Gasteiger partial charge < -0.3 is 14.5 Å². The van der Waals surface area contributed by atoms with Gasteiger partial charge in [-0.25, -0.2) is 19.7 Å². The number of piperazine rings is 1. The molecule has 1 fully saturated rings. The molecule has 4 heterocycles. The second-order valence-corrected chi connectivity index (χ2v) is 8.14. The van der Waals surface area contributed by atoms with Crippen LogP contribution >= 0.6 is 11.6 Å². The van der Waals surface area contributed by atoms with Crippen molar-refractivity contribution in [3.05, 3.63) is 59.1 Å². The molecular weight excluding hydrogens is 448 g/mol. The predicted molar refractivity (Wildman–Crippen MR) is 119 cm³/mol. The third kappa shape index (κ3) is 3.82. The fourth-order valence-electron chi connectivity index (χ4n) is 3.96. The fourth-order valence-corrected chi connectivity index (χ4v) is 4.12. The van der Waals surface area contributed by atoms with Crippen LogP contribution < -0.4 is 4.90 Å². The molecule has 3 aromatic rings. The molecule has 0 spiro atoms. The number of pyridine rings is 1. The Labute approximate surface area is 193 Å². The number of hydrogen-bond acceptors (Lipinski definition) is 7. The number of rotatable bonds is 2. The molecule has 1 saturated heterocycles. The second kappa shape index (κ2) is 8.28. The molecule has 0 radical (unpaired) electrons. The van der Waals surface area contributed by atoms with E-state index in [2.05, 4.69) is 15.0 Å². The molecule has 33 heavy (non-hydrogen) atoms. The Morgan fingerprint density at radius 1 is 1.03 bits per heavy atom. The Bertz CT molecular complexity index is 1280. The third-order valence-electron chi connectivity index (χ3n) is 5.70. The number of nitrogens with zero attached hydrogens (tertiary/aromatic N) is 6. The average molecular weight is 467 g/mol. The van der Waals surface area contributed by atoms with Crippen molar-refractivity contribution in [1.82, 2.24) is 24.8 Å². The lowest BCUT2D eigenvalue weighted by atomic mass is 10.2. The number of halogens is 1. The van der Waals surface area contributed by atoms with Crippen LogP contribution in [0, 0.1) is 0 Å². The van der Waals surface area contributed by atoms with Gasteiger partial charge in [-0.15, -0.1) is 0 Å². The first-order chi connectivity index (χ1) is 15.9. The molecule has 2 aliphatic rings. The average Bonchev–Trinajstić information content (AvgIpc) is 3.10. The molecule has 5 rings (SSSR count). The molecular formula is C22H19ClN6O4. The topological polar surface area (TPSA) is 109 Å². The SMILES string of the molecule is CC(=O)N1CCN(C(=O)OC2c3nccnc3C(=O)N2c2ccc3ccc(Cl)cc3n2)CC1. The zero-order chi connectivity index (χ0) is 23.1. The summed E-state index contributed by atoms with van der Waals surface area (Å²) in [7, 11) is 0. The van der Waals surface area contributed by atoms with E-state index < -0.39 is 18.2 Å². The number of carbonyl (C=O) groups excluding carboxylic acids is 3. The van der Waals surface area contributed by atoms with Crippen molar-refractivity contribution in [3.63, 3.8) is 0 Å². The zero-order valence-electron chi connectivity index (χ0n) is 17.6. The van der Waals surface area contributed by atoms with Gasteiger partial charge in [0.25, 0.3) is 5.91 Å². The van der Waals surface area contributed by atoms with Crippen LogP contribution in [0.5, 0.6) is 0 Å². The monoisotopic (exact) mass is 466 g/mol. The Hall–Kier alpha value is -3.79. The normalized spacial score (nSPS) is 17.9. The summed E-state index contributed by atoms with van der Waals surface area (Å²) in [5, 5.41) is 1.36. The summed E-state index contributed by atoms with van der Waals surface area (Å²) in [4.78, 5) is 55.1. The maximum Gasteiger partial charge on any atom is 0.412 e. The lowest BCUT2D eigenvalue weighted by Crippen LogP contribution is -2.50. The molecule has 1 atom stereocenters. The van der Waals surface area contributed by atoms with Gasteiger partial charge in [0.2, 0.25) is 12.1 Å². The van der Waals surface area contributed by atoms with E-state index in [-0.39, 0.29) is 23.1 Å². The molecule has 2 aromatic heterocycles. The number of benzene rings is 1. The molecule has 3 amide bonds. The van der Waals surface area contributed by atoms with Crippen LogP contribution in [0.4, 0.5) is 10.6 Å². The van der Waals surface area contributed by atoms with Crippen LogP contribution in [0.25, 0.3) is 10.9 Å². The van der Waals surface area contributed by atoms with E-state index in [4.69, 9.17) is 16.3 Å². The van der Waals surface area contributed by atoms with Gasteiger partial charge in [0.15, 0.2) is 5.69 Å². The molecule has 10 nitrogen and oxygen atoms in total. The second-order valence-electron chi connectivity index (χ2n) is 7.70. The Balaban J connectivity index is 1.45. The standard InChI is InChI=1S/C22H19ClN6O4/c1-13(30)27-8-10-28(11-9-27)22(32)33-21-19-18(24-6-7-25-19)20(31)29(21)17-5-3-14-2-4-15(23)12-16(14)26-17/h2-7,12,21H,8-11H2,1H3. The van der Waals surface area contributed by atoms with Crippen molar-refractivity contribution in [2.24, 2.45) is 0 Å². The van der Waals surface area contributed by atoms with E-state index in [1.165, 1.54) is 29.1 Å². The third-order valence-corrected chi connectivity index (χ3v) is 5.93. The summed E-state index contributed by atoms with van der Waals surface area (Å²) in [5.41, 5.74) is 0.936.